The van der Waals surface area contributed by atoms with Crippen LogP contribution in [-0.2, 0) is 11.0 Å². The van der Waals surface area contributed by atoms with Gasteiger partial charge in [-0.1, -0.05) is 37.7 Å². The second-order valence-electron chi connectivity index (χ2n) is 10.1. The first-order valence-electron chi connectivity index (χ1n) is 13.1. The van der Waals surface area contributed by atoms with Gasteiger partial charge in [0, 0.05) is 11.3 Å². The molecule has 0 atom stereocenters. The molecule has 1 aliphatic rings. The normalized spacial score (nSPS) is 14.7. The Morgan fingerprint density at radius 3 is 2.45 bits per heavy atom. The van der Waals surface area contributed by atoms with Crippen molar-refractivity contribution >= 4 is 40.2 Å². The molecule has 2 heterocycles. The summed E-state index contributed by atoms with van der Waals surface area (Å²) in [6.07, 6.45) is -2.99. The third-order valence-corrected chi connectivity index (χ3v) is 7.60. The van der Waals surface area contributed by atoms with E-state index in [2.05, 4.69) is 20.4 Å². The second kappa shape index (κ2) is 11.4. The fourth-order valence-corrected chi connectivity index (χ4v) is 5.42. The molecule has 5 rings (SSSR count). The number of carbonyl (C=O) groups excluding carboxylic acids is 2. The zero-order valence-corrected chi connectivity index (χ0v) is 24.0. The van der Waals surface area contributed by atoms with Crippen LogP contribution >= 0.6 is 11.8 Å². The number of nitrogens with one attached hydrogen (secondary N) is 1. The molecule has 0 saturated carbocycles. The minimum atomic E-state index is -4.42. The molecule has 4 aromatic rings. The van der Waals surface area contributed by atoms with Crippen LogP contribution in [-0.4, -0.2) is 37.6 Å². The minimum absolute atomic E-state index is 0.137. The number of nitrogens with zero attached hydrogens (tertiary/aromatic N) is 5. The predicted molar refractivity (Wildman–Crippen MR) is 158 cm³/mol. The molecule has 0 radical (unpaired) electrons. The predicted octanol–water partition coefficient (Wildman–Crippen LogP) is 7.36. The Balaban J connectivity index is 1.33. The Labute approximate surface area is 244 Å². The van der Waals surface area contributed by atoms with Gasteiger partial charge in [0.15, 0.2) is 11.0 Å². The summed E-state index contributed by atoms with van der Waals surface area (Å²) in [6, 6.07) is 15.1. The van der Waals surface area contributed by atoms with Crippen molar-refractivity contribution in [2.45, 2.75) is 39.8 Å². The maximum absolute atomic E-state index is 12.9. The number of aromatic nitrogens is 3. The quantitative estimate of drug-likeness (QED) is 0.261. The zero-order chi connectivity index (χ0) is 30.2. The van der Waals surface area contributed by atoms with Gasteiger partial charge < -0.3 is 5.32 Å². The number of amides is 3. The number of benzene rings is 3. The Morgan fingerprint density at radius 1 is 1.05 bits per heavy atom. The lowest BCUT2D eigenvalue weighted by Crippen LogP contribution is -2.31. The van der Waals surface area contributed by atoms with Gasteiger partial charge in [-0.05, 0) is 85.0 Å². The molecule has 12 heteroatoms. The molecule has 42 heavy (non-hydrogen) atoms. The average molecular weight is 593 g/mol. The Bertz CT molecular complexity index is 1700. The highest BCUT2D eigenvalue weighted by atomic mass is 32.2. The number of carbonyl (C=O) groups is 2. The van der Waals surface area contributed by atoms with Crippen molar-refractivity contribution in [3.05, 3.63) is 89.2 Å². The topological polar surface area (TPSA) is 92.5 Å². The lowest BCUT2D eigenvalue weighted by Gasteiger charge is -2.22. The van der Waals surface area contributed by atoms with E-state index in [-0.39, 0.29) is 17.6 Å². The van der Waals surface area contributed by atoms with E-state index < -0.39 is 17.8 Å². The molecule has 0 unspecified atom stereocenters. The van der Waals surface area contributed by atoms with E-state index in [0.29, 0.717) is 27.9 Å². The van der Waals surface area contributed by atoms with Gasteiger partial charge in [0.2, 0.25) is 5.91 Å². The van der Waals surface area contributed by atoms with Crippen LogP contribution in [0.1, 0.15) is 42.0 Å². The molecule has 0 bridgehead atoms. The maximum Gasteiger partial charge on any atom is 0.416 e. The molecule has 1 fully saturated rings. The maximum atomic E-state index is 12.9. The molecule has 1 aliphatic heterocycles. The summed E-state index contributed by atoms with van der Waals surface area (Å²) in [4.78, 5) is 35.7. The molecule has 216 valence electrons. The van der Waals surface area contributed by atoms with E-state index in [4.69, 9.17) is 0 Å². The highest BCUT2D eigenvalue weighted by Gasteiger charge is 2.33. The van der Waals surface area contributed by atoms with Crippen molar-refractivity contribution in [2.24, 2.45) is 4.99 Å². The van der Waals surface area contributed by atoms with Crippen LogP contribution in [0, 0.1) is 13.8 Å². The van der Waals surface area contributed by atoms with Crippen LogP contribution in [0.5, 0.6) is 0 Å². The SMILES string of the molecule is Cc1ccc(C(C)C)c(N2C(=O)CS/C2=N\C(=O)Nc2ccc(-c3ncn(-c4ccc(C(F)(F)F)cc4)n3)c(C)c2)c1. The van der Waals surface area contributed by atoms with E-state index in [1.807, 2.05) is 45.9 Å². The number of anilines is 2. The number of amidine groups is 1. The van der Waals surface area contributed by atoms with Crippen molar-refractivity contribution in [3.63, 3.8) is 0 Å². The summed E-state index contributed by atoms with van der Waals surface area (Å²) in [5.74, 6) is 0.604. The average Bonchev–Trinajstić information content (AvgIpc) is 3.55. The minimum Gasteiger partial charge on any atom is -0.306 e. The van der Waals surface area contributed by atoms with Crippen molar-refractivity contribution in [3.8, 4) is 17.1 Å². The van der Waals surface area contributed by atoms with Crippen molar-refractivity contribution in [1.29, 1.82) is 0 Å². The summed E-state index contributed by atoms with van der Waals surface area (Å²) in [5.41, 5.74) is 4.36. The lowest BCUT2D eigenvalue weighted by molar-refractivity contribution is -0.137. The van der Waals surface area contributed by atoms with Gasteiger partial charge in [-0.15, -0.1) is 5.10 Å². The number of hydrogen-bond acceptors (Lipinski definition) is 5. The summed E-state index contributed by atoms with van der Waals surface area (Å²) in [7, 11) is 0. The van der Waals surface area contributed by atoms with Crippen LogP contribution < -0.4 is 10.2 Å². The van der Waals surface area contributed by atoms with Gasteiger partial charge in [0.1, 0.15) is 6.33 Å². The first kappa shape index (κ1) is 29.1. The Kier molecular flexibility index (Phi) is 7.91. The van der Waals surface area contributed by atoms with Gasteiger partial charge in [0.25, 0.3) is 0 Å². The summed E-state index contributed by atoms with van der Waals surface area (Å²) < 4.78 is 40.0. The number of halogens is 3. The van der Waals surface area contributed by atoms with Gasteiger partial charge in [-0.3, -0.25) is 9.69 Å². The fraction of sp³-hybridized carbons (Fsp3) is 0.233. The molecular weight excluding hydrogens is 565 g/mol. The molecule has 3 aromatic carbocycles. The molecule has 1 saturated heterocycles. The van der Waals surface area contributed by atoms with E-state index in [1.54, 1.807) is 18.2 Å². The number of alkyl halides is 3. The van der Waals surface area contributed by atoms with Crippen LogP contribution in [0.2, 0.25) is 0 Å². The van der Waals surface area contributed by atoms with E-state index >= 15 is 0 Å². The number of rotatable bonds is 5. The monoisotopic (exact) mass is 592 g/mol. The van der Waals surface area contributed by atoms with Crippen LogP contribution in [0.15, 0.2) is 72.0 Å². The van der Waals surface area contributed by atoms with Crippen LogP contribution in [0.3, 0.4) is 0 Å². The number of aryl methyl sites for hydroxylation is 2. The van der Waals surface area contributed by atoms with E-state index in [1.165, 1.54) is 39.8 Å². The highest BCUT2D eigenvalue weighted by Crippen LogP contribution is 2.34. The lowest BCUT2D eigenvalue weighted by atomic mass is 9.99. The molecule has 1 N–H and O–H groups in total. The van der Waals surface area contributed by atoms with Gasteiger partial charge in [0.05, 0.1) is 22.7 Å². The van der Waals surface area contributed by atoms with E-state index in [9.17, 15) is 22.8 Å². The van der Waals surface area contributed by atoms with Gasteiger partial charge >= 0.3 is 12.2 Å². The third kappa shape index (κ3) is 6.08. The first-order valence-corrected chi connectivity index (χ1v) is 14.1. The highest BCUT2D eigenvalue weighted by molar-refractivity contribution is 8.15. The van der Waals surface area contributed by atoms with E-state index in [0.717, 1.165) is 34.5 Å². The molecule has 3 amide bonds. The molecule has 1 aromatic heterocycles. The molecular formula is C30H27F3N6O2S. The van der Waals surface area contributed by atoms with Crippen molar-refractivity contribution in [1.82, 2.24) is 14.8 Å². The third-order valence-electron chi connectivity index (χ3n) is 6.68. The smallest absolute Gasteiger partial charge is 0.306 e. The molecule has 0 spiro atoms. The Hall–Kier alpha value is -4.45. The van der Waals surface area contributed by atoms with Gasteiger partial charge in [-0.2, -0.15) is 18.2 Å². The number of hydrogen-bond donors (Lipinski definition) is 1. The standard InChI is InChI=1S/C30H27F3N6O2S/c1-17(2)23-11-5-18(3)13-25(23)39-26(40)15-42-29(39)36-28(41)35-21-8-12-24(19(4)14-21)27-34-16-38(37-27)22-9-6-20(7-10-22)30(31,32)33/h5-14,16-17H,15H2,1-4H3,(H,35,41)/b36-29-. The second-order valence-corrected chi connectivity index (χ2v) is 11.1. The van der Waals surface area contributed by atoms with Crippen molar-refractivity contribution in [2.75, 3.05) is 16.0 Å². The van der Waals surface area contributed by atoms with Gasteiger partial charge in [-0.25, -0.2) is 14.5 Å². The largest absolute Gasteiger partial charge is 0.416 e. The van der Waals surface area contributed by atoms with Crippen molar-refractivity contribution < 1.29 is 22.8 Å². The van der Waals surface area contributed by atoms with Crippen LogP contribution in [0.25, 0.3) is 17.1 Å². The first-order chi connectivity index (χ1) is 19.9. The molecule has 0 aliphatic carbocycles. The molecule has 8 nitrogen and oxygen atoms in total. The number of urea groups is 1. The summed E-state index contributed by atoms with van der Waals surface area (Å²) in [6.45, 7) is 7.87. The number of thioether (sulfide) groups is 1. The van der Waals surface area contributed by atoms with Crippen LogP contribution in [0.4, 0.5) is 29.3 Å². The Morgan fingerprint density at radius 2 is 1.79 bits per heavy atom. The summed E-state index contributed by atoms with van der Waals surface area (Å²) in [5, 5.41) is 7.48. The number of aliphatic imine (C=N–C) groups is 1. The summed E-state index contributed by atoms with van der Waals surface area (Å²) >= 11 is 1.21. The fourth-order valence-electron chi connectivity index (χ4n) is 4.56. The zero-order valence-electron chi connectivity index (χ0n) is 23.2.